The van der Waals surface area contributed by atoms with Crippen LogP contribution in [0.4, 0.5) is 0 Å². The second-order valence-electron chi connectivity index (χ2n) is 5.28. The molecule has 0 aromatic heterocycles. The minimum atomic E-state index is -2.74. The Morgan fingerprint density at radius 2 is 1.91 bits per heavy atom. The Hall–Kier alpha value is -1.73. The van der Waals surface area contributed by atoms with Crippen molar-refractivity contribution in [3.63, 3.8) is 0 Å². The van der Waals surface area contributed by atoms with Crippen molar-refractivity contribution in [2.75, 3.05) is 0 Å². The number of rotatable bonds is 7. The normalized spacial score (nSPS) is 15.0. The average Bonchev–Trinajstić information content (AvgIpc) is 2.52. The van der Waals surface area contributed by atoms with Crippen LogP contribution in [0.25, 0.3) is 0 Å². The molecule has 0 saturated carbocycles. The van der Waals surface area contributed by atoms with Crippen molar-refractivity contribution in [2.24, 2.45) is 0 Å². The SMILES string of the molecule is Cc1ccc(C(OS(=O)[O-])C(C)O)c(OCc2ccccc2)c1. The molecule has 2 aromatic rings. The van der Waals surface area contributed by atoms with Crippen molar-refractivity contribution in [2.45, 2.75) is 32.7 Å². The Morgan fingerprint density at radius 3 is 2.52 bits per heavy atom. The van der Waals surface area contributed by atoms with Gasteiger partial charge in [-0.25, -0.2) is 4.21 Å². The number of aliphatic hydroxyl groups is 1. The zero-order chi connectivity index (χ0) is 16.8. The van der Waals surface area contributed by atoms with Gasteiger partial charge >= 0.3 is 0 Å². The number of aliphatic hydroxyl groups excluding tert-OH is 1. The first-order valence-electron chi connectivity index (χ1n) is 7.19. The van der Waals surface area contributed by atoms with Gasteiger partial charge in [-0.15, -0.1) is 0 Å². The molecule has 0 fully saturated rings. The molecule has 0 bridgehead atoms. The van der Waals surface area contributed by atoms with Gasteiger partial charge in [-0.1, -0.05) is 42.5 Å². The molecule has 2 aromatic carbocycles. The van der Waals surface area contributed by atoms with E-state index in [9.17, 15) is 13.9 Å². The van der Waals surface area contributed by atoms with Gasteiger partial charge in [0.1, 0.15) is 18.5 Å². The highest BCUT2D eigenvalue weighted by Gasteiger charge is 2.23. The first-order valence-corrected chi connectivity index (χ1v) is 8.19. The lowest BCUT2D eigenvalue weighted by molar-refractivity contribution is 0.0482. The van der Waals surface area contributed by atoms with Crippen molar-refractivity contribution in [3.05, 3.63) is 65.2 Å². The maximum atomic E-state index is 10.9. The fourth-order valence-electron chi connectivity index (χ4n) is 2.21. The molecule has 23 heavy (non-hydrogen) atoms. The van der Waals surface area contributed by atoms with Gasteiger partial charge < -0.3 is 14.4 Å². The van der Waals surface area contributed by atoms with E-state index in [-0.39, 0.29) is 0 Å². The third-order valence-electron chi connectivity index (χ3n) is 3.33. The van der Waals surface area contributed by atoms with Gasteiger partial charge in [0, 0.05) is 5.56 Å². The molecule has 124 valence electrons. The Balaban J connectivity index is 2.26. The molecule has 3 unspecified atom stereocenters. The third-order valence-corrected chi connectivity index (χ3v) is 3.70. The molecule has 0 saturated heterocycles. The van der Waals surface area contributed by atoms with Crippen molar-refractivity contribution < 1.29 is 22.8 Å². The van der Waals surface area contributed by atoms with E-state index < -0.39 is 23.6 Å². The molecular weight excluding hydrogens is 316 g/mol. The van der Waals surface area contributed by atoms with Gasteiger partial charge in [-0.3, -0.25) is 4.18 Å². The molecule has 5 nitrogen and oxygen atoms in total. The van der Waals surface area contributed by atoms with Crippen LogP contribution < -0.4 is 4.74 Å². The van der Waals surface area contributed by atoms with Gasteiger partial charge in [0.25, 0.3) is 0 Å². The third kappa shape index (κ3) is 5.14. The van der Waals surface area contributed by atoms with Gasteiger partial charge in [-0.2, -0.15) is 0 Å². The number of aryl methyl sites for hydroxylation is 1. The van der Waals surface area contributed by atoms with Crippen molar-refractivity contribution in [1.82, 2.24) is 0 Å². The van der Waals surface area contributed by atoms with Crippen LogP contribution in [0.3, 0.4) is 0 Å². The average molecular weight is 335 g/mol. The van der Waals surface area contributed by atoms with E-state index in [1.54, 1.807) is 12.1 Å². The van der Waals surface area contributed by atoms with E-state index in [0.717, 1.165) is 11.1 Å². The first kappa shape index (κ1) is 17.6. The Morgan fingerprint density at radius 1 is 1.22 bits per heavy atom. The highest BCUT2D eigenvalue weighted by atomic mass is 32.2. The molecular formula is C17H19O5S-. The van der Waals surface area contributed by atoms with Gasteiger partial charge in [0.15, 0.2) is 0 Å². The minimum Gasteiger partial charge on any atom is -0.750 e. The second-order valence-corrected chi connectivity index (χ2v) is 5.88. The van der Waals surface area contributed by atoms with E-state index in [4.69, 9.17) is 8.92 Å². The molecule has 0 aliphatic heterocycles. The van der Waals surface area contributed by atoms with Crippen LogP contribution in [-0.4, -0.2) is 20.0 Å². The predicted molar refractivity (Wildman–Crippen MR) is 86.4 cm³/mol. The van der Waals surface area contributed by atoms with Crippen molar-refractivity contribution in [3.8, 4) is 5.75 Å². The van der Waals surface area contributed by atoms with Crippen LogP contribution in [-0.2, 0) is 22.2 Å². The molecule has 1 N–H and O–H groups in total. The lowest BCUT2D eigenvalue weighted by Gasteiger charge is -2.24. The summed E-state index contributed by atoms with van der Waals surface area (Å²) in [6.07, 6.45) is -2.02. The van der Waals surface area contributed by atoms with Crippen molar-refractivity contribution in [1.29, 1.82) is 0 Å². The monoisotopic (exact) mass is 335 g/mol. The predicted octanol–water partition coefficient (Wildman–Crippen LogP) is 2.81. The van der Waals surface area contributed by atoms with Gasteiger partial charge in [0.05, 0.1) is 17.5 Å². The summed E-state index contributed by atoms with van der Waals surface area (Å²) in [5, 5.41) is 9.84. The quantitative estimate of drug-likeness (QED) is 0.787. The fourth-order valence-corrected chi connectivity index (χ4v) is 2.65. The number of benzene rings is 2. The number of hydrogen-bond donors (Lipinski definition) is 1. The lowest BCUT2D eigenvalue weighted by Crippen LogP contribution is -2.20. The molecule has 0 radical (unpaired) electrons. The zero-order valence-electron chi connectivity index (χ0n) is 13.0. The standard InChI is InChI=1S/C17H20O5S/c1-12-8-9-15(17(13(2)18)22-23(19)20)16(10-12)21-11-14-6-4-3-5-7-14/h3-10,13,17-18H,11H2,1-2H3,(H,19,20)/p-1. The Bertz CT molecular complexity index is 657. The number of hydrogen-bond acceptors (Lipinski definition) is 5. The van der Waals surface area contributed by atoms with E-state index >= 15 is 0 Å². The van der Waals surface area contributed by atoms with Gasteiger partial charge in [0.2, 0.25) is 0 Å². The summed E-state index contributed by atoms with van der Waals surface area (Å²) in [4.78, 5) is 0. The zero-order valence-corrected chi connectivity index (χ0v) is 13.8. The molecule has 0 aliphatic rings. The second kappa shape index (κ2) is 8.21. The smallest absolute Gasteiger partial charge is 0.128 e. The minimum absolute atomic E-state index is 0.338. The maximum Gasteiger partial charge on any atom is 0.128 e. The molecule has 0 aliphatic carbocycles. The van der Waals surface area contributed by atoms with E-state index in [1.807, 2.05) is 43.3 Å². The van der Waals surface area contributed by atoms with E-state index in [2.05, 4.69) is 0 Å². The molecule has 0 spiro atoms. The molecule has 3 atom stereocenters. The summed E-state index contributed by atoms with van der Waals surface area (Å²) in [5.74, 6) is 0.491. The summed E-state index contributed by atoms with van der Waals surface area (Å²) in [7, 11) is 0. The van der Waals surface area contributed by atoms with Crippen LogP contribution in [0.1, 0.15) is 29.7 Å². The largest absolute Gasteiger partial charge is 0.750 e. The topological polar surface area (TPSA) is 78.8 Å². The maximum absolute atomic E-state index is 10.9. The molecule has 6 heteroatoms. The Kier molecular flexibility index (Phi) is 6.29. The van der Waals surface area contributed by atoms with Crippen LogP contribution in [0.2, 0.25) is 0 Å². The summed E-state index contributed by atoms with van der Waals surface area (Å²) in [5.41, 5.74) is 2.44. The molecule has 0 amide bonds. The van der Waals surface area contributed by atoms with Crippen LogP contribution in [0, 0.1) is 6.92 Å². The van der Waals surface area contributed by atoms with Crippen LogP contribution >= 0.6 is 0 Å². The lowest BCUT2D eigenvalue weighted by atomic mass is 10.0. The summed E-state index contributed by atoms with van der Waals surface area (Å²) in [6, 6.07) is 14.9. The number of ether oxygens (including phenoxy) is 1. The van der Waals surface area contributed by atoms with Crippen LogP contribution in [0.5, 0.6) is 5.75 Å². The van der Waals surface area contributed by atoms with Crippen molar-refractivity contribution >= 4 is 11.4 Å². The summed E-state index contributed by atoms with van der Waals surface area (Å²) in [6.45, 7) is 3.71. The highest BCUT2D eigenvalue weighted by Crippen LogP contribution is 2.32. The summed E-state index contributed by atoms with van der Waals surface area (Å²) < 4.78 is 32.4. The highest BCUT2D eigenvalue weighted by molar-refractivity contribution is 7.74. The van der Waals surface area contributed by atoms with E-state index in [0.29, 0.717) is 17.9 Å². The fraction of sp³-hybridized carbons (Fsp3) is 0.294. The van der Waals surface area contributed by atoms with Gasteiger partial charge in [-0.05, 0) is 31.0 Å². The Labute approximate surface area is 138 Å². The molecule has 0 heterocycles. The first-order chi connectivity index (χ1) is 11.0. The van der Waals surface area contributed by atoms with E-state index in [1.165, 1.54) is 6.92 Å². The summed E-state index contributed by atoms with van der Waals surface area (Å²) >= 11 is -2.74. The van der Waals surface area contributed by atoms with Crippen LogP contribution in [0.15, 0.2) is 48.5 Å². The molecule has 2 rings (SSSR count).